The van der Waals surface area contributed by atoms with Crippen LogP contribution < -0.4 is 10.2 Å². The second-order valence-corrected chi connectivity index (χ2v) is 22.8. The Morgan fingerprint density at radius 2 is 0.778 bits per heavy atom. The molecule has 2 aromatic heterocycles. The van der Waals surface area contributed by atoms with E-state index in [-0.39, 0.29) is 16.2 Å². The number of furan rings is 2. The van der Waals surface area contributed by atoms with E-state index in [1.807, 2.05) is 0 Å². The van der Waals surface area contributed by atoms with Gasteiger partial charge in [0.25, 0.3) is 0 Å². The molecule has 0 bridgehead atoms. The van der Waals surface area contributed by atoms with Gasteiger partial charge in [-0.25, -0.2) is 0 Å². The first-order valence-corrected chi connectivity index (χ1v) is 25.3. The summed E-state index contributed by atoms with van der Waals surface area (Å²) < 4.78 is 14.5. The van der Waals surface area contributed by atoms with E-state index in [9.17, 15) is 0 Å². The Balaban J connectivity index is 1.07. The van der Waals surface area contributed by atoms with Gasteiger partial charge < -0.3 is 19.1 Å². The fourth-order valence-corrected chi connectivity index (χ4v) is 10.6. The van der Waals surface area contributed by atoms with Crippen LogP contribution in [0.5, 0.6) is 0 Å². The molecule has 0 amide bonds. The molecule has 72 heavy (non-hydrogen) atoms. The highest BCUT2D eigenvalue weighted by atomic mass is 16.3. The summed E-state index contributed by atoms with van der Waals surface area (Å²) in [7, 11) is 0. The van der Waals surface area contributed by atoms with Crippen molar-refractivity contribution in [1.29, 1.82) is 0 Å². The van der Waals surface area contributed by atoms with E-state index < -0.39 is 0 Å². The normalized spacial score (nSPS) is 12.5. The molecule has 0 aliphatic heterocycles. The molecular formula is C68H60N2O2. The van der Waals surface area contributed by atoms with E-state index in [0.717, 1.165) is 116 Å². The zero-order valence-corrected chi connectivity index (χ0v) is 42.7. The Bertz CT molecular complexity index is 3950. The molecule has 4 nitrogen and oxygen atoms in total. The maximum absolute atomic E-state index is 7.30. The van der Waals surface area contributed by atoms with Crippen LogP contribution in [0.3, 0.4) is 0 Å². The molecule has 0 saturated heterocycles. The summed E-state index contributed by atoms with van der Waals surface area (Å²) in [6, 6.07) is 70.7. The molecule has 1 N–H and O–H groups in total. The molecule has 0 fully saturated rings. The average Bonchev–Trinajstić information content (AvgIpc) is 3.92. The number of nitrogens with one attached hydrogen (secondary N) is 1. The molecule has 10 aromatic carbocycles. The van der Waals surface area contributed by atoms with Gasteiger partial charge in [-0.15, -0.1) is 0 Å². The zero-order chi connectivity index (χ0) is 49.7. The lowest BCUT2D eigenvalue weighted by Crippen LogP contribution is -2.14. The number of anilines is 5. The predicted molar refractivity (Wildman–Crippen MR) is 307 cm³/mol. The van der Waals surface area contributed by atoms with Gasteiger partial charge in [0.2, 0.25) is 0 Å². The summed E-state index contributed by atoms with van der Waals surface area (Å²) in [5.74, 6) is 0. The molecule has 354 valence electrons. The third kappa shape index (κ3) is 7.96. The van der Waals surface area contributed by atoms with Crippen LogP contribution >= 0.6 is 0 Å². The van der Waals surface area contributed by atoms with Crippen molar-refractivity contribution in [1.82, 2.24) is 0 Å². The van der Waals surface area contributed by atoms with Crippen LogP contribution in [0.2, 0.25) is 0 Å². The topological polar surface area (TPSA) is 41.6 Å². The van der Waals surface area contributed by atoms with Crippen molar-refractivity contribution < 1.29 is 8.83 Å². The number of hydrogen-bond acceptors (Lipinski definition) is 4. The summed E-state index contributed by atoms with van der Waals surface area (Å²) in [4.78, 5) is 2.37. The third-order valence-corrected chi connectivity index (χ3v) is 14.6. The monoisotopic (exact) mass is 936 g/mol. The largest absolute Gasteiger partial charge is 0.455 e. The first-order valence-electron chi connectivity index (χ1n) is 25.3. The summed E-state index contributed by atoms with van der Waals surface area (Å²) in [5.41, 5.74) is 17.1. The lowest BCUT2D eigenvalue weighted by molar-refractivity contribution is 0.590. The molecular weight excluding hydrogens is 877 g/mol. The van der Waals surface area contributed by atoms with E-state index in [1.54, 1.807) is 0 Å². The number of nitrogens with zero attached hydrogens (tertiary/aromatic N) is 1. The molecule has 0 atom stereocenters. The van der Waals surface area contributed by atoms with Crippen molar-refractivity contribution in [3.8, 4) is 22.3 Å². The maximum Gasteiger partial charge on any atom is 0.147 e. The molecule has 0 saturated carbocycles. The molecule has 12 rings (SSSR count). The molecule has 4 heteroatoms. The summed E-state index contributed by atoms with van der Waals surface area (Å²) in [6.45, 7) is 20.3. The van der Waals surface area contributed by atoms with Gasteiger partial charge in [0.1, 0.15) is 22.3 Å². The number of fused-ring (bicyclic) bond motifs is 9. The Hall–Kier alpha value is -8.08. The van der Waals surface area contributed by atoms with Crippen molar-refractivity contribution in [2.24, 2.45) is 0 Å². The van der Waals surface area contributed by atoms with Crippen LogP contribution in [0.25, 0.3) is 87.7 Å². The quantitative estimate of drug-likeness (QED) is 0.173. The van der Waals surface area contributed by atoms with E-state index in [4.69, 9.17) is 8.83 Å². The second-order valence-electron chi connectivity index (χ2n) is 22.8. The van der Waals surface area contributed by atoms with Crippen molar-refractivity contribution in [2.75, 3.05) is 10.2 Å². The summed E-state index contributed by atoms with van der Waals surface area (Å²) in [6.07, 6.45) is 0. The van der Waals surface area contributed by atoms with Gasteiger partial charge in [-0.1, -0.05) is 172 Å². The fourth-order valence-electron chi connectivity index (χ4n) is 10.6. The van der Waals surface area contributed by atoms with Crippen molar-refractivity contribution in [3.05, 3.63) is 211 Å². The van der Waals surface area contributed by atoms with Crippen LogP contribution in [-0.2, 0) is 16.2 Å². The van der Waals surface area contributed by atoms with E-state index in [1.165, 1.54) is 16.7 Å². The minimum atomic E-state index is 0.0464. The number of hydrogen-bond donors (Lipinski definition) is 1. The highest BCUT2D eigenvalue weighted by Gasteiger charge is 2.28. The van der Waals surface area contributed by atoms with Crippen molar-refractivity contribution in [3.63, 3.8) is 0 Å². The van der Waals surface area contributed by atoms with Gasteiger partial charge in [-0.2, -0.15) is 0 Å². The molecule has 0 aliphatic rings. The summed E-state index contributed by atoms with van der Waals surface area (Å²) in [5, 5.41) is 12.2. The Kier molecular flexibility index (Phi) is 10.5. The van der Waals surface area contributed by atoms with E-state index in [0.29, 0.717) is 0 Å². The minimum absolute atomic E-state index is 0.0464. The Morgan fingerprint density at radius 1 is 0.347 bits per heavy atom. The van der Waals surface area contributed by atoms with Gasteiger partial charge in [0.05, 0.1) is 5.39 Å². The Labute approximate surface area is 422 Å². The molecule has 12 aromatic rings. The van der Waals surface area contributed by atoms with E-state index >= 15 is 0 Å². The van der Waals surface area contributed by atoms with E-state index in [2.05, 4.69) is 267 Å². The highest BCUT2D eigenvalue weighted by Crippen LogP contribution is 2.52. The van der Waals surface area contributed by atoms with Crippen LogP contribution in [0.15, 0.2) is 203 Å². The van der Waals surface area contributed by atoms with Gasteiger partial charge in [-0.05, 0) is 151 Å². The van der Waals surface area contributed by atoms with Crippen molar-refractivity contribution >= 4 is 93.9 Å². The van der Waals surface area contributed by atoms with Crippen molar-refractivity contribution in [2.45, 2.75) is 78.6 Å². The standard InChI is InChI=1S/C68H60N2O2/c1-66(2,3)48-22-29-51(30-23-48)69-52-28-20-44-39-57-59(40-46(44)36-52)71-64-61(43-18-14-11-15-19-43)60(42-16-12-10-13-17-42)62-56-38-45-21-31-55(37-47(45)41-58(56)72-65(62)63(57)64)70(53-32-24-49(25-33-53)67(4,5)6)54-34-26-50(27-35-54)68(7,8)9/h10-41,69H,1-9H3. The third-order valence-electron chi connectivity index (χ3n) is 14.6. The molecule has 0 radical (unpaired) electrons. The molecule has 0 unspecified atom stereocenters. The second kappa shape index (κ2) is 16.8. The van der Waals surface area contributed by atoms with Gasteiger partial charge in [-0.3, -0.25) is 0 Å². The number of benzene rings is 10. The van der Waals surface area contributed by atoms with Gasteiger partial charge >= 0.3 is 0 Å². The first-order chi connectivity index (χ1) is 34.5. The SMILES string of the molecule is CC(C)(C)c1ccc(Nc2ccc3cc4c(cc3c2)oc2c(-c3ccccc3)c(-c3ccccc3)c3c5cc6ccc(N(c7ccc(C(C)(C)C)cc7)c7ccc(C(C)(C)C)cc7)cc6cc5oc3c24)cc1. The Morgan fingerprint density at radius 3 is 1.31 bits per heavy atom. The van der Waals surface area contributed by atoms with Gasteiger partial charge in [0, 0.05) is 55.7 Å². The van der Waals surface area contributed by atoms with Crippen LogP contribution in [-0.4, -0.2) is 0 Å². The zero-order valence-electron chi connectivity index (χ0n) is 42.7. The minimum Gasteiger partial charge on any atom is -0.455 e. The highest BCUT2D eigenvalue weighted by molar-refractivity contribution is 6.32. The fraction of sp³-hybridized carbons (Fsp3) is 0.176. The smallest absolute Gasteiger partial charge is 0.147 e. The van der Waals surface area contributed by atoms with Gasteiger partial charge in [0.15, 0.2) is 0 Å². The van der Waals surface area contributed by atoms with Crippen LogP contribution in [0, 0.1) is 0 Å². The van der Waals surface area contributed by atoms with Crippen LogP contribution in [0.4, 0.5) is 28.4 Å². The molecule has 0 spiro atoms. The number of rotatable bonds is 7. The van der Waals surface area contributed by atoms with Crippen LogP contribution in [0.1, 0.15) is 79.0 Å². The predicted octanol–water partition coefficient (Wildman–Crippen LogP) is 20.2. The average molecular weight is 937 g/mol. The molecule has 0 aliphatic carbocycles. The first kappa shape index (κ1) is 45.1. The lowest BCUT2D eigenvalue weighted by atomic mass is 9.86. The molecule has 2 heterocycles. The summed E-state index contributed by atoms with van der Waals surface area (Å²) >= 11 is 0. The lowest BCUT2D eigenvalue weighted by Gasteiger charge is -2.28. The maximum atomic E-state index is 7.30.